The maximum Gasteiger partial charge on any atom is 0.119 e. The minimum Gasteiger partial charge on any atom is -0.491 e. The van der Waals surface area contributed by atoms with Gasteiger partial charge in [-0.2, -0.15) is 5.26 Å². The van der Waals surface area contributed by atoms with Gasteiger partial charge in [0.25, 0.3) is 0 Å². The van der Waals surface area contributed by atoms with Gasteiger partial charge in [0.2, 0.25) is 0 Å². The van der Waals surface area contributed by atoms with Crippen molar-refractivity contribution in [1.82, 2.24) is 9.88 Å². The topological polar surface area (TPSA) is 69.4 Å². The quantitative estimate of drug-likeness (QED) is 0.850. The zero-order valence-corrected chi connectivity index (χ0v) is 13.4. The molecule has 0 saturated heterocycles. The summed E-state index contributed by atoms with van der Waals surface area (Å²) in [4.78, 5) is 6.09. The second-order valence-corrected chi connectivity index (χ2v) is 5.50. The summed E-state index contributed by atoms with van der Waals surface area (Å²) >= 11 is 0. The van der Waals surface area contributed by atoms with Crippen molar-refractivity contribution < 1.29 is 9.84 Å². The third-order valence-corrected chi connectivity index (χ3v) is 3.77. The van der Waals surface area contributed by atoms with E-state index >= 15 is 0 Å². The second kappa shape index (κ2) is 8.28. The number of hydrogen-bond acceptors (Lipinski definition) is 5. The van der Waals surface area contributed by atoms with Gasteiger partial charge in [0.1, 0.15) is 18.5 Å². The zero-order valence-electron chi connectivity index (χ0n) is 13.4. The van der Waals surface area contributed by atoms with E-state index in [0.29, 0.717) is 17.9 Å². The van der Waals surface area contributed by atoms with Gasteiger partial charge in [0.15, 0.2) is 0 Å². The highest BCUT2D eigenvalue weighted by Gasteiger charge is 2.15. The summed E-state index contributed by atoms with van der Waals surface area (Å²) in [6.07, 6.45) is 2.94. The molecule has 0 aliphatic heterocycles. The first-order valence-electron chi connectivity index (χ1n) is 7.51. The molecule has 2 unspecified atom stereocenters. The van der Waals surface area contributed by atoms with E-state index in [4.69, 9.17) is 10.00 Å². The number of rotatable bonds is 7. The fourth-order valence-corrected chi connectivity index (χ4v) is 2.26. The lowest BCUT2D eigenvalue weighted by Crippen LogP contribution is -2.34. The first-order valence-corrected chi connectivity index (χ1v) is 7.51. The minimum absolute atomic E-state index is 0.183. The Morgan fingerprint density at radius 1 is 1.22 bits per heavy atom. The summed E-state index contributed by atoms with van der Waals surface area (Å²) < 4.78 is 5.56. The van der Waals surface area contributed by atoms with Crippen LogP contribution in [0.5, 0.6) is 5.75 Å². The molecule has 1 N–H and O–H groups in total. The van der Waals surface area contributed by atoms with Gasteiger partial charge < -0.3 is 9.84 Å². The van der Waals surface area contributed by atoms with Gasteiger partial charge in [-0.1, -0.05) is 0 Å². The number of likely N-dealkylation sites (N-methyl/N-ethyl adjacent to an activating group) is 1. The van der Waals surface area contributed by atoms with Crippen molar-refractivity contribution >= 4 is 0 Å². The third-order valence-electron chi connectivity index (χ3n) is 3.77. The average molecular weight is 311 g/mol. The third kappa shape index (κ3) is 5.06. The lowest BCUT2D eigenvalue weighted by molar-refractivity contribution is 0.0654. The molecule has 0 spiro atoms. The maximum absolute atomic E-state index is 10.1. The number of hydrogen-bond donors (Lipinski definition) is 1. The molecule has 0 bridgehead atoms. The molecule has 1 aromatic heterocycles. The molecule has 1 aromatic carbocycles. The Morgan fingerprint density at radius 3 is 2.48 bits per heavy atom. The van der Waals surface area contributed by atoms with Crippen LogP contribution in [-0.2, 0) is 0 Å². The van der Waals surface area contributed by atoms with Crippen molar-refractivity contribution in [3.05, 3.63) is 59.9 Å². The lowest BCUT2D eigenvalue weighted by atomic mass is 10.1. The van der Waals surface area contributed by atoms with E-state index in [0.717, 1.165) is 5.56 Å². The molecule has 2 rings (SSSR count). The van der Waals surface area contributed by atoms with Crippen LogP contribution >= 0.6 is 0 Å². The van der Waals surface area contributed by atoms with E-state index in [9.17, 15) is 5.11 Å². The summed E-state index contributed by atoms with van der Waals surface area (Å²) in [6, 6.07) is 13.0. The van der Waals surface area contributed by atoms with Crippen molar-refractivity contribution in [3.63, 3.8) is 0 Å². The summed E-state index contributed by atoms with van der Waals surface area (Å²) in [5.74, 6) is 0.646. The number of aliphatic hydroxyl groups is 1. The molecule has 0 aliphatic rings. The van der Waals surface area contributed by atoms with Gasteiger partial charge >= 0.3 is 0 Å². The van der Waals surface area contributed by atoms with Gasteiger partial charge in [-0.15, -0.1) is 0 Å². The highest BCUT2D eigenvalue weighted by atomic mass is 16.5. The fourth-order valence-electron chi connectivity index (χ4n) is 2.26. The lowest BCUT2D eigenvalue weighted by Gasteiger charge is -2.27. The zero-order chi connectivity index (χ0) is 16.7. The molecule has 0 amide bonds. The molecule has 23 heavy (non-hydrogen) atoms. The monoisotopic (exact) mass is 311 g/mol. The van der Waals surface area contributed by atoms with Crippen LogP contribution in [0.1, 0.15) is 24.1 Å². The van der Waals surface area contributed by atoms with Crippen LogP contribution in [0, 0.1) is 11.3 Å². The maximum atomic E-state index is 10.1. The van der Waals surface area contributed by atoms with Gasteiger partial charge in [0.05, 0.1) is 11.6 Å². The Labute approximate surface area is 136 Å². The molecule has 1 heterocycles. The smallest absolute Gasteiger partial charge is 0.119 e. The van der Waals surface area contributed by atoms with E-state index in [1.165, 1.54) is 0 Å². The minimum atomic E-state index is -0.597. The number of aliphatic hydroxyl groups excluding tert-OH is 1. The normalized spacial score (nSPS) is 13.3. The van der Waals surface area contributed by atoms with Crippen molar-refractivity contribution in [3.8, 4) is 11.8 Å². The van der Waals surface area contributed by atoms with Crippen LogP contribution in [0.3, 0.4) is 0 Å². The van der Waals surface area contributed by atoms with Crippen molar-refractivity contribution in [2.45, 2.75) is 19.1 Å². The Balaban J connectivity index is 1.81. The van der Waals surface area contributed by atoms with E-state index in [1.54, 1.807) is 36.7 Å². The van der Waals surface area contributed by atoms with Crippen LogP contribution < -0.4 is 4.74 Å². The first kappa shape index (κ1) is 16.9. The molecule has 2 atom stereocenters. The van der Waals surface area contributed by atoms with Gasteiger partial charge in [-0.25, -0.2) is 0 Å². The van der Waals surface area contributed by atoms with Crippen LogP contribution in [0.15, 0.2) is 48.8 Å². The highest BCUT2D eigenvalue weighted by molar-refractivity contribution is 5.34. The van der Waals surface area contributed by atoms with Gasteiger partial charge in [-0.05, 0) is 55.9 Å². The van der Waals surface area contributed by atoms with Crippen LogP contribution in [0.25, 0.3) is 0 Å². The standard InChI is InChI=1S/C18H21N3O2/c1-14(16-7-9-20-10-8-16)21(2)12-17(22)13-23-18-5-3-15(11-19)4-6-18/h3-10,14,17,22H,12-13H2,1-2H3. The van der Waals surface area contributed by atoms with Crippen LogP contribution in [-0.4, -0.2) is 41.3 Å². The molecule has 5 nitrogen and oxygen atoms in total. The Kier molecular flexibility index (Phi) is 6.10. The Bertz CT molecular complexity index is 638. The van der Waals surface area contributed by atoms with Crippen molar-refractivity contribution in [2.75, 3.05) is 20.2 Å². The Hall–Kier alpha value is -2.42. The second-order valence-electron chi connectivity index (χ2n) is 5.50. The van der Waals surface area contributed by atoms with Gasteiger partial charge in [0, 0.05) is 25.0 Å². The number of pyridine rings is 1. The predicted octanol–water partition coefficient (Wildman–Crippen LogP) is 2.39. The van der Waals surface area contributed by atoms with E-state index in [2.05, 4.69) is 22.9 Å². The number of nitriles is 1. The number of ether oxygens (including phenoxy) is 1. The van der Waals surface area contributed by atoms with Gasteiger partial charge in [-0.3, -0.25) is 9.88 Å². The van der Waals surface area contributed by atoms with E-state index < -0.39 is 6.10 Å². The number of nitrogens with zero attached hydrogens (tertiary/aromatic N) is 3. The molecule has 120 valence electrons. The molecule has 0 saturated carbocycles. The molecule has 0 radical (unpaired) electrons. The Morgan fingerprint density at radius 2 is 1.87 bits per heavy atom. The fraction of sp³-hybridized carbons (Fsp3) is 0.333. The summed E-state index contributed by atoms with van der Waals surface area (Å²) in [6.45, 7) is 2.79. The number of benzene rings is 1. The van der Waals surface area contributed by atoms with E-state index in [1.807, 2.05) is 19.2 Å². The first-order chi connectivity index (χ1) is 11.1. The average Bonchev–Trinajstić information content (AvgIpc) is 2.60. The molecule has 0 aliphatic carbocycles. The number of aromatic nitrogens is 1. The SMILES string of the molecule is CC(c1ccncc1)N(C)CC(O)COc1ccc(C#N)cc1. The van der Waals surface area contributed by atoms with Crippen LogP contribution in [0.2, 0.25) is 0 Å². The molecular formula is C18H21N3O2. The van der Waals surface area contributed by atoms with Crippen LogP contribution in [0.4, 0.5) is 0 Å². The summed E-state index contributed by atoms with van der Waals surface area (Å²) in [5.41, 5.74) is 1.74. The summed E-state index contributed by atoms with van der Waals surface area (Å²) in [7, 11) is 1.97. The van der Waals surface area contributed by atoms with Crippen molar-refractivity contribution in [1.29, 1.82) is 5.26 Å². The largest absolute Gasteiger partial charge is 0.491 e. The molecule has 2 aromatic rings. The molecule has 0 fully saturated rings. The predicted molar refractivity (Wildman–Crippen MR) is 87.9 cm³/mol. The molecule has 5 heteroatoms. The van der Waals surface area contributed by atoms with Crippen molar-refractivity contribution in [2.24, 2.45) is 0 Å². The van der Waals surface area contributed by atoms with E-state index in [-0.39, 0.29) is 12.6 Å². The molecular weight excluding hydrogens is 290 g/mol. The summed E-state index contributed by atoms with van der Waals surface area (Å²) in [5, 5.41) is 18.9. The highest BCUT2D eigenvalue weighted by Crippen LogP contribution is 2.18.